The number of aromatic carboxylic acids is 1. The minimum Gasteiger partial charge on any atom is -0.478 e. The predicted octanol–water partition coefficient (Wildman–Crippen LogP) is 3.93. The van der Waals surface area contributed by atoms with Crippen LogP contribution in [0.4, 0.5) is 0 Å². The van der Waals surface area contributed by atoms with Crippen LogP contribution in [-0.2, 0) is 0 Å². The zero-order valence-corrected chi connectivity index (χ0v) is 12.9. The number of hydrogen-bond acceptors (Lipinski definition) is 3. The van der Waals surface area contributed by atoms with Crippen molar-refractivity contribution in [3.63, 3.8) is 0 Å². The number of aromatic nitrogens is 1. The van der Waals surface area contributed by atoms with E-state index in [4.69, 9.17) is 0 Å². The standard InChI is InChI=1S/C17H10BrNO3/c18-11-7-5-10(6-8-11)16(20)13-9-19-14-4-2-1-3-12(14)15(13)17(21)22/h1-9H,(H,21,22). The summed E-state index contributed by atoms with van der Waals surface area (Å²) in [6, 6.07) is 13.6. The summed E-state index contributed by atoms with van der Waals surface area (Å²) in [4.78, 5) is 28.4. The van der Waals surface area contributed by atoms with Crippen LogP contribution >= 0.6 is 15.9 Å². The third-order valence-electron chi connectivity index (χ3n) is 3.34. The summed E-state index contributed by atoms with van der Waals surface area (Å²) in [6.45, 7) is 0. The van der Waals surface area contributed by atoms with Crippen molar-refractivity contribution >= 4 is 38.6 Å². The molecular formula is C17H10BrNO3. The highest BCUT2D eigenvalue weighted by atomic mass is 79.9. The molecule has 1 heterocycles. The number of rotatable bonds is 3. The van der Waals surface area contributed by atoms with Crippen LogP contribution in [-0.4, -0.2) is 21.8 Å². The smallest absolute Gasteiger partial charge is 0.337 e. The first-order chi connectivity index (χ1) is 10.6. The van der Waals surface area contributed by atoms with E-state index in [0.717, 1.165) is 4.47 Å². The van der Waals surface area contributed by atoms with Crippen LogP contribution in [0.5, 0.6) is 0 Å². The van der Waals surface area contributed by atoms with E-state index in [1.54, 1.807) is 48.5 Å². The van der Waals surface area contributed by atoms with E-state index >= 15 is 0 Å². The predicted molar refractivity (Wildman–Crippen MR) is 86.3 cm³/mol. The van der Waals surface area contributed by atoms with E-state index in [9.17, 15) is 14.7 Å². The molecule has 0 amide bonds. The van der Waals surface area contributed by atoms with Gasteiger partial charge >= 0.3 is 5.97 Å². The van der Waals surface area contributed by atoms with Crippen LogP contribution in [0.25, 0.3) is 10.9 Å². The van der Waals surface area contributed by atoms with Gasteiger partial charge in [0.15, 0.2) is 5.78 Å². The summed E-state index contributed by atoms with van der Waals surface area (Å²) in [5.41, 5.74) is 1.04. The average molecular weight is 356 g/mol. The first-order valence-electron chi connectivity index (χ1n) is 6.49. The summed E-state index contributed by atoms with van der Waals surface area (Å²) < 4.78 is 0.846. The lowest BCUT2D eigenvalue weighted by molar-refractivity contribution is 0.0695. The van der Waals surface area contributed by atoms with Gasteiger partial charge in [0, 0.05) is 21.6 Å². The number of carbonyl (C=O) groups is 2. The summed E-state index contributed by atoms with van der Waals surface area (Å²) in [5, 5.41) is 9.97. The Morgan fingerprint density at radius 2 is 1.68 bits per heavy atom. The number of carboxylic acid groups (broad SMARTS) is 1. The largest absolute Gasteiger partial charge is 0.478 e. The van der Waals surface area contributed by atoms with Crippen LogP contribution in [0.3, 0.4) is 0 Å². The van der Waals surface area contributed by atoms with Crippen molar-refractivity contribution in [2.75, 3.05) is 0 Å². The average Bonchev–Trinajstić information content (AvgIpc) is 2.53. The molecule has 108 valence electrons. The van der Waals surface area contributed by atoms with E-state index in [-0.39, 0.29) is 16.9 Å². The number of pyridine rings is 1. The molecule has 0 aliphatic heterocycles. The first kappa shape index (κ1) is 14.4. The molecule has 1 N–H and O–H groups in total. The van der Waals surface area contributed by atoms with Crippen molar-refractivity contribution < 1.29 is 14.7 Å². The Labute approximate surface area is 134 Å². The number of nitrogens with zero attached hydrogens (tertiary/aromatic N) is 1. The van der Waals surface area contributed by atoms with Crippen molar-refractivity contribution in [2.45, 2.75) is 0 Å². The second-order valence-electron chi connectivity index (χ2n) is 4.71. The maximum atomic E-state index is 12.6. The van der Waals surface area contributed by atoms with Crippen molar-refractivity contribution in [1.82, 2.24) is 4.98 Å². The van der Waals surface area contributed by atoms with Gasteiger partial charge < -0.3 is 5.11 Å². The highest BCUT2D eigenvalue weighted by Gasteiger charge is 2.21. The van der Waals surface area contributed by atoms with Gasteiger partial charge in [-0.25, -0.2) is 4.79 Å². The van der Waals surface area contributed by atoms with Gasteiger partial charge in [0.1, 0.15) is 0 Å². The van der Waals surface area contributed by atoms with E-state index in [2.05, 4.69) is 20.9 Å². The molecule has 0 fully saturated rings. The van der Waals surface area contributed by atoms with Crippen molar-refractivity contribution in [3.8, 4) is 0 Å². The lowest BCUT2D eigenvalue weighted by Crippen LogP contribution is -2.11. The van der Waals surface area contributed by atoms with Crippen molar-refractivity contribution in [3.05, 3.63) is 75.9 Å². The Morgan fingerprint density at radius 1 is 1.00 bits per heavy atom. The molecule has 0 aliphatic carbocycles. The van der Waals surface area contributed by atoms with Gasteiger partial charge in [-0.3, -0.25) is 9.78 Å². The Balaban J connectivity index is 2.22. The van der Waals surface area contributed by atoms with Gasteiger partial charge in [0.05, 0.1) is 16.6 Å². The lowest BCUT2D eigenvalue weighted by Gasteiger charge is -2.08. The SMILES string of the molecule is O=C(c1ccc(Br)cc1)c1cnc2ccccc2c1C(=O)O. The molecule has 0 bridgehead atoms. The van der Waals surface area contributed by atoms with Gasteiger partial charge in [-0.05, 0) is 30.3 Å². The Bertz CT molecular complexity index is 888. The number of halogens is 1. The Morgan fingerprint density at radius 3 is 2.36 bits per heavy atom. The summed E-state index contributed by atoms with van der Waals surface area (Å²) in [7, 11) is 0. The molecule has 0 atom stereocenters. The van der Waals surface area contributed by atoms with E-state index in [0.29, 0.717) is 16.5 Å². The molecule has 0 spiro atoms. The summed E-state index contributed by atoms with van der Waals surface area (Å²) in [5.74, 6) is -1.50. The molecule has 0 radical (unpaired) electrons. The number of carboxylic acids is 1. The molecule has 22 heavy (non-hydrogen) atoms. The van der Waals surface area contributed by atoms with Crippen molar-refractivity contribution in [2.24, 2.45) is 0 Å². The maximum absolute atomic E-state index is 12.6. The molecule has 0 saturated carbocycles. The first-order valence-corrected chi connectivity index (χ1v) is 7.28. The molecule has 0 saturated heterocycles. The topological polar surface area (TPSA) is 67.3 Å². The zero-order chi connectivity index (χ0) is 15.7. The molecular weight excluding hydrogens is 346 g/mol. The van der Waals surface area contributed by atoms with Crippen molar-refractivity contribution in [1.29, 1.82) is 0 Å². The molecule has 1 aromatic heterocycles. The van der Waals surface area contributed by atoms with Crippen LogP contribution < -0.4 is 0 Å². The number of benzene rings is 2. The van der Waals surface area contributed by atoms with Crippen LogP contribution in [0.2, 0.25) is 0 Å². The Hall–Kier alpha value is -2.53. The normalized spacial score (nSPS) is 10.6. The quantitative estimate of drug-likeness (QED) is 0.722. The van der Waals surface area contributed by atoms with Gasteiger partial charge in [-0.15, -0.1) is 0 Å². The second-order valence-corrected chi connectivity index (χ2v) is 5.62. The molecule has 4 nitrogen and oxygen atoms in total. The van der Waals surface area contributed by atoms with Gasteiger partial charge in [-0.2, -0.15) is 0 Å². The third kappa shape index (κ3) is 2.51. The van der Waals surface area contributed by atoms with E-state index in [1.165, 1.54) is 6.20 Å². The van der Waals surface area contributed by atoms with Gasteiger partial charge in [0.25, 0.3) is 0 Å². The van der Waals surface area contributed by atoms with E-state index in [1.807, 2.05) is 0 Å². The van der Waals surface area contributed by atoms with E-state index < -0.39 is 5.97 Å². The number of fused-ring (bicyclic) bond motifs is 1. The fourth-order valence-electron chi connectivity index (χ4n) is 2.30. The number of carbonyl (C=O) groups excluding carboxylic acids is 1. The van der Waals surface area contributed by atoms with Gasteiger partial charge in [0.2, 0.25) is 0 Å². The lowest BCUT2D eigenvalue weighted by atomic mass is 9.97. The molecule has 2 aromatic carbocycles. The zero-order valence-electron chi connectivity index (χ0n) is 11.3. The van der Waals surface area contributed by atoms with Gasteiger partial charge in [-0.1, -0.05) is 34.1 Å². The monoisotopic (exact) mass is 355 g/mol. The van der Waals surface area contributed by atoms with Crippen LogP contribution in [0, 0.1) is 0 Å². The fourth-order valence-corrected chi connectivity index (χ4v) is 2.57. The molecule has 3 aromatic rings. The third-order valence-corrected chi connectivity index (χ3v) is 3.87. The number of para-hydroxylation sites is 1. The highest BCUT2D eigenvalue weighted by Crippen LogP contribution is 2.23. The second kappa shape index (κ2) is 5.69. The summed E-state index contributed by atoms with van der Waals surface area (Å²) in [6.07, 6.45) is 1.33. The molecule has 0 unspecified atom stereocenters. The minimum atomic E-state index is -1.14. The fraction of sp³-hybridized carbons (Fsp3) is 0. The van der Waals surface area contributed by atoms with Crippen LogP contribution in [0.1, 0.15) is 26.3 Å². The van der Waals surface area contributed by atoms with Crippen LogP contribution in [0.15, 0.2) is 59.2 Å². The number of ketones is 1. The summed E-state index contributed by atoms with van der Waals surface area (Å²) >= 11 is 3.30. The molecule has 3 rings (SSSR count). The minimum absolute atomic E-state index is 0.0153. The molecule has 0 aliphatic rings. The Kier molecular flexibility index (Phi) is 3.73. The number of hydrogen-bond donors (Lipinski definition) is 1. The molecule has 5 heteroatoms. The maximum Gasteiger partial charge on any atom is 0.337 e. The highest BCUT2D eigenvalue weighted by molar-refractivity contribution is 9.10.